The smallest absolute Gasteiger partial charge is 0.212 e. The van der Waals surface area contributed by atoms with E-state index >= 15 is 0 Å². The fraction of sp³-hybridized carbons (Fsp3) is 0.400. The van der Waals surface area contributed by atoms with Gasteiger partial charge in [-0.2, -0.15) is 0 Å². The van der Waals surface area contributed by atoms with E-state index < -0.39 is 13.8 Å². The lowest BCUT2D eigenvalue weighted by Crippen LogP contribution is -2.20. The second-order valence-corrected chi connectivity index (χ2v) is 6.74. The predicted molar refractivity (Wildman–Crippen MR) is 56.9 cm³/mol. The van der Waals surface area contributed by atoms with Gasteiger partial charge in [0.15, 0.2) is 0 Å². The highest BCUT2D eigenvalue weighted by molar-refractivity contribution is 8.15. The average molecular weight is 231 g/mol. The Bertz CT molecular complexity index is 421. The van der Waals surface area contributed by atoms with Crippen LogP contribution in [0.15, 0.2) is 30.3 Å². The van der Waals surface area contributed by atoms with Gasteiger partial charge in [0.25, 0.3) is 0 Å². The minimum absolute atomic E-state index is 0.541. The minimum atomic E-state index is -3.42. The monoisotopic (exact) mass is 230 g/mol. The van der Waals surface area contributed by atoms with Crippen LogP contribution in [0.1, 0.15) is 18.4 Å². The largest absolute Gasteiger partial charge is 0.238 e. The molecule has 76 valence electrons. The first-order chi connectivity index (χ1) is 6.54. The molecule has 1 aliphatic rings. The van der Waals surface area contributed by atoms with Crippen LogP contribution < -0.4 is 0 Å². The summed E-state index contributed by atoms with van der Waals surface area (Å²) < 4.78 is 21.9. The Balaban J connectivity index is 2.21. The highest BCUT2D eigenvalue weighted by atomic mass is 35.7. The number of halogens is 1. The molecule has 1 aliphatic carbocycles. The summed E-state index contributed by atoms with van der Waals surface area (Å²) in [6.45, 7) is 0. The third-order valence-corrected chi connectivity index (χ3v) is 5.26. The Labute approximate surface area is 88.3 Å². The number of hydrogen-bond donors (Lipinski definition) is 0. The van der Waals surface area contributed by atoms with Gasteiger partial charge in [0, 0.05) is 10.7 Å². The molecular weight excluding hydrogens is 220 g/mol. The van der Waals surface area contributed by atoms with Gasteiger partial charge in [0.2, 0.25) is 9.05 Å². The molecule has 0 atom stereocenters. The molecule has 0 amide bonds. The molecule has 0 heterocycles. The zero-order valence-corrected chi connectivity index (χ0v) is 9.18. The number of benzene rings is 1. The Morgan fingerprint density at radius 2 is 1.79 bits per heavy atom. The zero-order chi connectivity index (χ0) is 10.2. The Morgan fingerprint density at radius 3 is 2.21 bits per heavy atom. The maximum Gasteiger partial charge on any atom is 0.238 e. The summed E-state index contributed by atoms with van der Waals surface area (Å²) in [6, 6.07) is 9.60. The molecule has 1 aromatic carbocycles. The van der Waals surface area contributed by atoms with Gasteiger partial charge >= 0.3 is 0 Å². The molecule has 2 rings (SSSR count). The predicted octanol–water partition coefficient (Wildman–Crippen LogP) is 2.33. The maximum absolute atomic E-state index is 11.3. The van der Waals surface area contributed by atoms with E-state index in [0.717, 1.165) is 5.56 Å². The summed E-state index contributed by atoms with van der Waals surface area (Å²) in [5.74, 6) is 0. The van der Waals surface area contributed by atoms with Crippen molar-refractivity contribution in [2.45, 2.75) is 24.0 Å². The van der Waals surface area contributed by atoms with E-state index in [9.17, 15) is 8.42 Å². The minimum Gasteiger partial charge on any atom is -0.212 e. The lowest BCUT2D eigenvalue weighted by Gasteiger charge is -2.10. The third-order valence-electron chi connectivity index (χ3n) is 2.69. The van der Waals surface area contributed by atoms with Gasteiger partial charge in [0.1, 0.15) is 0 Å². The van der Waals surface area contributed by atoms with Gasteiger partial charge < -0.3 is 0 Å². The van der Waals surface area contributed by atoms with Crippen LogP contribution in [-0.4, -0.2) is 13.2 Å². The first kappa shape index (κ1) is 9.99. The van der Waals surface area contributed by atoms with Gasteiger partial charge in [-0.1, -0.05) is 30.3 Å². The molecule has 0 aliphatic heterocycles. The summed E-state index contributed by atoms with van der Waals surface area (Å²) in [7, 11) is 1.99. The first-order valence-electron chi connectivity index (χ1n) is 4.52. The molecule has 0 spiro atoms. The molecule has 0 aromatic heterocycles. The molecule has 14 heavy (non-hydrogen) atoms. The first-order valence-corrected chi connectivity index (χ1v) is 6.83. The summed E-state index contributed by atoms with van der Waals surface area (Å²) in [6.07, 6.45) is 1.92. The van der Waals surface area contributed by atoms with Crippen molar-refractivity contribution in [3.63, 3.8) is 0 Å². The van der Waals surface area contributed by atoms with E-state index in [1.54, 1.807) is 0 Å². The van der Waals surface area contributed by atoms with Crippen LogP contribution >= 0.6 is 10.7 Å². The molecule has 1 saturated carbocycles. The van der Waals surface area contributed by atoms with E-state index in [2.05, 4.69) is 0 Å². The van der Waals surface area contributed by atoms with Crippen molar-refractivity contribution in [2.24, 2.45) is 0 Å². The topological polar surface area (TPSA) is 34.1 Å². The summed E-state index contributed by atoms with van der Waals surface area (Å²) in [5.41, 5.74) is 1.04. The van der Waals surface area contributed by atoms with Gasteiger partial charge in [-0.15, -0.1) is 0 Å². The van der Waals surface area contributed by atoms with Gasteiger partial charge in [-0.3, -0.25) is 0 Å². The Morgan fingerprint density at radius 1 is 1.21 bits per heavy atom. The highest BCUT2D eigenvalue weighted by Crippen LogP contribution is 2.47. The SMILES string of the molecule is O=S(=O)(Cl)C1(Cc2ccccc2)CC1. The second-order valence-electron chi connectivity index (χ2n) is 3.78. The van der Waals surface area contributed by atoms with E-state index in [1.165, 1.54) is 0 Å². The summed E-state index contributed by atoms with van der Waals surface area (Å²) >= 11 is 0. The third kappa shape index (κ3) is 1.79. The number of rotatable bonds is 3. The van der Waals surface area contributed by atoms with Crippen LogP contribution in [0, 0.1) is 0 Å². The lowest BCUT2D eigenvalue weighted by atomic mass is 10.1. The molecule has 1 aromatic rings. The van der Waals surface area contributed by atoms with E-state index in [1.807, 2.05) is 30.3 Å². The quantitative estimate of drug-likeness (QED) is 0.747. The van der Waals surface area contributed by atoms with Gasteiger partial charge in [0.05, 0.1) is 4.75 Å². The Kier molecular flexibility index (Phi) is 2.32. The molecule has 0 unspecified atom stereocenters. The molecule has 0 bridgehead atoms. The zero-order valence-electron chi connectivity index (χ0n) is 7.61. The van der Waals surface area contributed by atoms with Crippen molar-refractivity contribution in [3.05, 3.63) is 35.9 Å². The van der Waals surface area contributed by atoms with Crippen LogP contribution in [0.2, 0.25) is 0 Å². The van der Waals surface area contributed by atoms with Crippen LogP contribution in [0.4, 0.5) is 0 Å². The fourth-order valence-electron chi connectivity index (χ4n) is 1.61. The molecule has 2 nitrogen and oxygen atoms in total. The van der Waals surface area contributed by atoms with Crippen molar-refractivity contribution in [2.75, 3.05) is 0 Å². The van der Waals surface area contributed by atoms with Crippen LogP contribution in [0.25, 0.3) is 0 Å². The highest BCUT2D eigenvalue weighted by Gasteiger charge is 2.53. The fourth-order valence-corrected chi connectivity index (χ4v) is 3.17. The van der Waals surface area contributed by atoms with Crippen molar-refractivity contribution in [1.82, 2.24) is 0 Å². The van der Waals surface area contributed by atoms with Crippen molar-refractivity contribution >= 4 is 19.7 Å². The normalized spacial score (nSPS) is 19.2. The second kappa shape index (κ2) is 3.24. The lowest BCUT2D eigenvalue weighted by molar-refractivity contribution is 0.590. The summed E-state index contributed by atoms with van der Waals surface area (Å²) in [4.78, 5) is 0. The van der Waals surface area contributed by atoms with Crippen LogP contribution in [0.5, 0.6) is 0 Å². The van der Waals surface area contributed by atoms with E-state index in [4.69, 9.17) is 10.7 Å². The summed E-state index contributed by atoms with van der Waals surface area (Å²) in [5, 5.41) is 0. The average Bonchev–Trinajstić information content (AvgIpc) is 2.86. The Hall–Kier alpha value is -0.540. The maximum atomic E-state index is 11.3. The van der Waals surface area contributed by atoms with Gasteiger partial charge in [-0.25, -0.2) is 8.42 Å². The van der Waals surface area contributed by atoms with Crippen LogP contribution in [0.3, 0.4) is 0 Å². The van der Waals surface area contributed by atoms with Gasteiger partial charge in [-0.05, 0) is 24.8 Å². The molecule has 1 fully saturated rings. The number of hydrogen-bond acceptors (Lipinski definition) is 2. The standard InChI is InChI=1S/C10H11ClO2S/c11-14(12,13)10(6-7-10)8-9-4-2-1-3-5-9/h1-5H,6-8H2. The molecular formula is C10H11ClO2S. The molecule has 0 radical (unpaired) electrons. The van der Waals surface area contributed by atoms with E-state index in [0.29, 0.717) is 19.3 Å². The molecule has 0 N–H and O–H groups in total. The van der Waals surface area contributed by atoms with Crippen molar-refractivity contribution in [1.29, 1.82) is 0 Å². The van der Waals surface area contributed by atoms with E-state index in [-0.39, 0.29) is 0 Å². The van der Waals surface area contributed by atoms with Crippen LogP contribution in [-0.2, 0) is 15.5 Å². The van der Waals surface area contributed by atoms with Crippen molar-refractivity contribution in [3.8, 4) is 0 Å². The van der Waals surface area contributed by atoms with Crippen molar-refractivity contribution < 1.29 is 8.42 Å². The molecule has 4 heteroatoms. The molecule has 0 saturated heterocycles.